The molecule has 5 nitrogen and oxygen atoms in total. The van der Waals surface area contributed by atoms with Crippen molar-refractivity contribution >= 4 is 105 Å². The van der Waals surface area contributed by atoms with Crippen LogP contribution in [0.3, 0.4) is 0 Å². The molecule has 30 heavy (non-hydrogen) atoms. The van der Waals surface area contributed by atoms with Crippen molar-refractivity contribution in [2.45, 2.75) is 69.7 Å². The molecule has 0 atom stereocenters. The summed E-state index contributed by atoms with van der Waals surface area (Å²) in [5, 5.41) is 1.06. The van der Waals surface area contributed by atoms with Crippen molar-refractivity contribution in [2.24, 2.45) is 0 Å². The quantitative estimate of drug-likeness (QED) is 0.0852. The van der Waals surface area contributed by atoms with Gasteiger partial charge in [-0.1, -0.05) is 102 Å². The first-order valence-corrected chi connectivity index (χ1v) is 12.0. The summed E-state index contributed by atoms with van der Waals surface area (Å²) in [4.78, 5) is 0. The number of rotatable bonds is 0. The van der Waals surface area contributed by atoms with E-state index in [1.54, 1.807) is 0 Å². The van der Waals surface area contributed by atoms with E-state index >= 15 is 0 Å². The van der Waals surface area contributed by atoms with E-state index in [2.05, 4.69) is 84.5 Å². The average Bonchev–Trinajstić information content (AvgIpc) is 2.74. The molecular weight excluding hydrogens is 680 g/mol. The molecule has 0 saturated heterocycles. The van der Waals surface area contributed by atoms with Crippen LogP contribution in [0.5, 0.6) is 0 Å². The van der Waals surface area contributed by atoms with Gasteiger partial charge in [-0.15, -0.1) is 43.3 Å². The largest absolute Gasteiger partial charge is 2.00 e. The number of hydrogen-bond donors (Lipinski definition) is 2. The van der Waals surface area contributed by atoms with Crippen molar-refractivity contribution in [3.05, 3.63) is 52.6 Å². The number of halogens is 3. The first-order chi connectivity index (χ1) is 12.4. The fraction of sp³-hybridized carbons (Fsp3) is 0.600. The van der Waals surface area contributed by atoms with Gasteiger partial charge in [0.2, 0.25) is 0 Å². The minimum atomic E-state index is -4.67. The van der Waals surface area contributed by atoms with Gasteiger partial charge in [-0.05, 0) is 5.83 Å². The van der Waals surface area contributed by atoms with Crippen molar-refractivity contribution in [2.75, 3.05) is 11.2 Å². The second-order valence-electron chi connectivity index (χ2n) is 0.715. The summed E-state index contributed by atoms with van der Waals surface area (Å²) in [6, 6.07) is 0. The Balaban J connectivity index is -0.00000000517. The standard InChI is InChI=1S/C2H5Br.4C2H6.2C2H4.2C2H3.CH3Br.CH4.BrH.H2O4S.H2O.Sr.2H/c1-2-3;9*1-2;;;1-5(2,3)4;;;;/h2H2,1H3;4*1-2H3;2*1-2H2;2*1H,2H2;1H3;1H4;1H;(H2,1,2,3,4);1H2;;;/q;;;;;;;2*+1;;;;;;+2;2*-1. The van der Waals surface area contributed by atoms with E-state index in [0.717, 1.165) is 5.33 Å². The minimum absolute atomic E-state index is 0. The Labute approximate surface area is 261 Å². The summed E-state index contributed by atoms with van der Waals surface area (Å²) in [7, 11) is -4.67. The van der Waals surface area contributed by atoms with Crippen LogP contribution in [0.1, 0.15) is 72.6 Å². The Morgan fingerprint density at radius 3 is 0.767 bits per heavy atom. The van der Waals surface area contributed by atoms with Crippen molar-refractivity contribution in [3.8, 4) is 0 Å². The van der Waals surface area contributed by atoms with Gasteiger partial charge in [0.15, 0.2) is 13.2 Å². The zero-order valence-corrected chi connectivity index (χ0v) is 29.8. The van der Waals surface area contributed by atoms with Gasteiger partial charge in [-0.25, -0.2) is 0 Å². The Kier molecular flexibility index (Phi) is 1310. The first-order valence-electron chi connectivity index (χ1n) is 7.87. The third-order valence-electron chi connectivity index (χ3n) is 0. The van der Waals surface area contributed by atoms with Crippen molar-refractivity contribution in [3.63, 3.8) is 0 Å². The van der Waals surface area contributed by atoms with Crippen LogP contribution in [-0.2, 0) is 10.4 Å². The maximum atomic E-state index is 8.74. The van der Waals surface area contributed by atoms with Crippen LogP contribution in [0.25, 0.3) is 0 Å². The fourth-order valence-corrected chi connectivity index (χ4v) is 0. The van der Waals surface area contributed by atoms with Gasteiger partial charge in [0, 0.05) is 5.33 Å². The molecule has 0 heterocycles. The molecule has 0 aliphatic heterocycles. The molecular formula is C20H57Br3O5SSr+2. The predicted octanol–water partition coefficient (Wildman–Crippen LogP) is 8.91. The maximum Gasteiger partial charge on any atom is 2.00 e. The minimum Gasteiger partial charge on any atom is -1.00 e. The third kappa shape index (κ3) is 10300. The molecule has 10 heteroatoms. The van der Waals surface area contributed by atoms with Gasteiger partial charge in [0.05, 0.1) is 0 Å². The monoisotopic (exact) mass is 734 g/mol. The van der Waals surface area contributed by atoms with E-state index in [4.69, 9.17) is 17.5 Å². The van der Waals surface area contributed by atoms with Crippen molar-refractivity contribution in [1.82, 2.24) is 0 Å². The van der Waals surface area contributed by atoms with Gasteiger partial charge in [0.1, 0.15) is 13.2 Å². The van der Waals surface area contributed by atoms with E-state index in [-0.39, 0.29) is 78.2 Å². The van der Waals surface area contributed by atoms with E-state index < -0.39 is 10.4 Å². The zero-order valence-electron chi connectivity index (χ0n) is 22.6. The van der Waals surface area contributed by atoms with E-state index in [1.807, 2.05) is 68.1 Å². The van der Waals surface area contributed by atoms with Crippen LogP contribution in [0.2, 0.25) is 0 Å². The molecule has 0 aliphatic carbocycles. The van der Waals surface area contributed by atoms with Crippen LogP contribution in [-0.4, -0.2) is 79.6 Å². The molecule has 0 aliphatic rings. The van der Waals surface area contributed by atoms with E-state index in [9.17, 15) is 0 Å². The molecule has 0 bridgehead atoms. The Morgan fingerprint density at radius 1 is 0.767 bits per heavy atom. The molecule has 0 radical (unpaired) electrons. The molecule has 0 amide bonds. The second kappa shape index (κ2) is 366. The van der Waals surface area contributed by atoms with Crippen molar-refractivity contribution in [1.29, 1.82) is 0 Å². The van der Waals surface area contributed by atoms with Gasteiger partial charge in [-0.3, -0.25) is 9.11 Å². The summed E-state index contributed by atoms with van der Waals surface area (Å²) in [5.74, 6) is 1.81. The van der Waals surface area contributed by atoms with Crippen LogP contribution < -0.4 is 0 Å². The molecule has 0 unspecified atom stereocenters. The predicted molar refractivity (Wildman–Crippen MR) is 165 cm³/mol. The van der Waals surface area contributed by atoms with Crippen LogP contribution in [0, 0.1) is 13.2 Å². The SMILES string of the molecule is Br.C.C=C.C=C.CBr.CC.CC.CC.CC.CCBr.O.O=S(=O)(O)O.[CH+]=C.[CH+]=C.[H-].[H-].[Sr+2]. The van der Waals surface area contributed by atoms with E-state index in [1.165, 1.54) is 0 Å². The molecule has 0 fully saturated rings. The Morgan fingerprint density at radius 2 is 0.767 bits per heavy atom. The van der Waals surface area contributed by atoms with Gasteiger partial charge < -0.3 is 8.33 Å². The van der Waals surface area contributed by atoms with Gasteiger partial charge in [-0.2, -0.15) is 8.42 Å². The summed E-state index contributed by atoms with van der Waals surface area (Å²) < 4.78 is 31.6. The summed E-state index contributed by atoms with van der Waals surface area (Å²) in [6.07, 6.45) is 0. The maximum absolute atomic E-state index is 8.74. The topological polar surface area (TPSA) is 106 Å². The zero-order chi connectivity index (χ0) is 25.2. The molecule has 194 valence electrons. The molecule has 0 spiro atoms. The smallest absolute Gasteiger partial charge is 1.00 e. The third-order valence-corrected chi connectivity index (χ3v) is 0. The van der Waals surface area contributed by atoms with Gasteiger partial charge in [0.25, 0.3) is 0 Å². The Hall–Kier alpha value is 1.53. The van der Waals surface area contributed by atoms with Gasteiger partial charge >= 0.3 is 55.9 Å². The van der Waals surface area contributed by atoms with Crippen molar-refractivity contribution < 1.29 is 25.9 Å². The Bertz CT molecular complexity index is 186. The van der Waals surface area contributed by atoms with Crippen LogP contribution >= 0.6 is 48.8 Å². The average molecular weight is 737 g/mol. The molecule has 0 aromatic carbocycles. The number of hydrogen-bond acceptors (Lipinski definition) is 2. The molecule has 0 aromatic heterocycles. The first kappa shape index (κ1) is 108. The molecule has 0 rings (SSSR count). The van der Waals surface area contributed by atoms with Crippen LogP contribution in [0.4, 0.5) is 0 Å². The van der Waals surface area contributed by atoms with E-state index in [0.29, 0.717) is 0 Å². The molecule has 0 saturated carbocycles. The fourth-order valence-electron chi connectivity index (χ4n) is 0. The summed E-state index contributed by atoms with van der Waals surface area (Å²) in [5.41, 5.74) is 0. The molecule has 0 aromatic rings. The summed E-state index contributed by atoms with van der Waals surface area (Å²) in [6.45, 7) is 44.0. The normalized spacial score (nSPS) is 4.00. The summed E-state index contributed by atoms with van der Waals surface area (Å²) >= 11 is 6.08. The van der Waals surface area contributed by atoms with Crippen LogP contribution in [0.15, 0.2) is 39.5 Å². The number of alkyl halides is 2. The second-order valence-corrected chi connectivity index (χ2v) is 2.73. The molecule has 4 N–H and O–H groups in total.